The van der Waals surface area contributed by atoms with Crippen LogP contribution in [0.3, 0.4) is 0 Å². The van der Waals surface area contributed by atoms with Gasteiger partial charge in [0.05, 0.1) is 18.8 Å². The number of hydrogen-bond donors (Lipinski definition) is 1. The van der Waals surface area contributed by atoms with Gasteiger partial charge in [-0.05, 0) is 31.6 Å². The van der Waals surface area contributed by atoms with Crippen molar-refractivity contribution in [2.24, 2.45) is 11.8 Å². The molecular weight excluding hydrogens is 188 g/mol. The molecule has 0 aromatic rings. The summed E-state index contributed by atoms with van der Waals surface area (Å²) >= 11 is 0. The van der Waals surface area contributed by atoms with Gasteiger partial charge in [0.25, 0.3) is 0 Å². The molecule has 90 valence electrons. The maximum atomic E-state index is 9.98. The molecule has 2 heteroatoms. The lowest BCUT2D eigenvalue weighted by molar-refractivity contribution is -0.0451. The van der Waals surface area contributed by atoms with Crippen molar-refractivity contribution in [2.45, 2.75) is 65.1 Å². The Morgan fingerprint density at radius 3 is 2.27 bits per heavy atom. The SMILES string of the molecule is CC(C)C(C)OCC(O)C1CCCCC1. The number of rotatable bonds is 5. The monoisotopic (exact) mass is 214 g/mol. The summed E-state index contributed by atoms with van der Waals surface area (Å²) in [4.78, 5) is 0. The van der Waals surface area contributed by atoms with Crippen molar-refractivity contribution < 1.29 is 9.84 Å². The molecular formula is C13H26O2. The van der Waals surface area contributed by atoms with Crippen LogP contribution in [0.15, 0.2) is 0 Å². The molecule has 0 aliphatic heterocycles. The van der Waals surface area contributed by atoms with E-state index in [4.69, 9.17) is 4.74 Å². The van der Waals surface area contributed by atoms with E-state index in [1.807, 2.05) is 0 Å². The number of aliphatic hydroxyl groups is 1. The van der Waals surface area contributed by atoms with Crippen molar-refractivity contribution in [1.29, 1.82) is 0 Å². The van der Waals surface area contributed by atoms with Crippen molar-refractivity contribution >= 4 is 0 Å². The van der Waals surface area contributed by atoms with E-state index >= 15 is 0 Å². The Balaban J connectivity index is 2.19. The first-order valence-corrected chi connectivity index (χ1v) is 6.41. The lowest BCUT2D eigenvalue weighted by Crippen LogP contribution is -2.30. The molecule has 1 fully saturated rings. The lowest BCUT2D eigenvalue weighted by atomic mass is 9.85. The van der Waals surface area contributed by atoms with E-state index < -0.39 is 0 Å². The number of hydrogen-bond acceptors (Lipinski definition) is 2. The molecule has 0 aromatic heterocycles. The second kappa shape index (κ2) is 6.49. The Labute approximate surface area is 94.0 Å². The molecule has 2 atom stereocenters. The second-order valence-electron chi connectivity index (χ2n) is 5.25. The van der Waals surface area contributed by atoms with Crippen LogP contribution in [0.1, 0.15) is 52.9 Å². The minimum absolute atomic E-state index is 0.244. The van der Waals surface area contributed by atoms with Gasteiger partial charge in [-0.1, -0.05) is 33.1 Å². The standard InChI is InChI=1S/C13H26O2/c1-10(2)11(3)15-9-13(14)12-7-5-4-6-8-12/h10-14H,4-9H2,1-3H3. The van der Waals surface area contributed by atoms with Gasteiger partial charge in [-0.15, -0.1) is 0 Å². The fraction of sp³-hybridized carbons (Fsp3) is 1.00. The van der Waals surface area contributed by atoms with Crippen LogP contribution >= 0.6 is 0 Å². The zero-order chi connectivity index (χ0) is 11.3. The highest BCUT2D eigenvalue weighted by molar-refractivity contribution is 4.73. The highest BCUT2D eigenvalue weighted by Crippen LogP contribution is 2.26. The van der Waals surface area contributed by atoms with Gasteiger partial charge in [-0.3, -0.25) is 0 Å². The Morgan fingerprint density at radius 2 is 1.73 bits per heavy atom. The highest BCUT2D eigenvalue weighted by Gasteiger charge is 2.22. The summed E-state index contributed by atoms with van der Waals surface area (Å²) in [6, 6.07) is 0. The van der Waals surface area contributed by atoms with Crippen molar-refractivity contribution in [3.63, 3.8) is 0 Å². The molecule has 2 nitrogen and oxygen atoms in total. The minimum atomic E-state index is -0.244. The molecule has 0 bridgehead atoms. The minimum Gasteiger partial charge on any atom is -0.390 e. The van der Waals surface area contributed by atoms with Crippen LogP contribution in [-0.4, -0.2) is 23.9 Å². The Kier molecular flexibility index (Phi) is 5.62. The molecule has 0 amide bonds. The molecule has 0 spiro atoms. The zero-order valence-electron chi connectivity index (χ0n) is 10.4. The van der Waals surface area contributed by atoms with E-state index in [0.717, 1.165) is 0 Å². The molecule has 0 radical (unpaired) electrons. The summed E-state index contributed by atoms with van der Waals surface area (Å²) in [6.45, 7) is 6.90. The first kappa shape index (κ1) is 13.0. The third-order valence-electron chi connectivity index (χ3n) is 3.66. The van der Waals surface area contributed by atoms with Crippen LogP contribution in [0.25, 0.3) is 0 Å². The molecule has 15 heavy (non-hydrogen) atoms. The molecule has 0 heterocycles. The van der Waals surface area contributed by atoms with Crippen molar-refractivity contribution in [1.82, 2.24) is 0 Å². The Bertz CT molecular complexity index is 162. The third kappa shape index (κ3) is 4.52. The highest BCUT2D eigenvalue weighted by atomic mass is 16.5. The van der Waals surface area contributed by atoms with E-state index in [2.05, 4.69) is 20.8 Å². The predicted octanol–water partition coefficient (Wildman–Crippen LogP) is 2.99. The van der Waals surface area contributed by atoms with Crippen molar-refractivity contribution in [2.75, 3.05) is 6.61 Å². The predicted molar refractivity (Wildman–Crippen MR) is 62.8 cm³/mol. The first-order valence-electron chi connectivity index (χ1n) is 6.41. The van der Waals surface area contributed by atoms with E-state index in [0.29, 0.717) is 18.4 Å². The lowest BCUT2D eigenvalue weighted by Gasteiger charge is -2.28. The van der Waals surface area contributed by atoms with Gasteiger partial charge in [-0.2, -0.15) is 0 Å². The molecule has 1 N–H and O–H groups in total. The van der Waals surface area contributed by atoms with Gasteiger partial charge < -0.3 is 9.84 Å². The molecule has 2 unspecified atom stereocenters. The average Bonchev–Trinajstić information content (AvgIpc) is 2.26. The summed E-state index contributed by atoms with van der Waals surface area (Å²) in [5.41, 5.74) is 0. The van der Waals surface area contributed by atoms with Crippen LogP contribution in [0.2, 0.25) is 0 Å². The normalized spacial score (nSPS) is 23.0. The molecule has 1 aliphatic rings. The van der Waals surface area contributed by atoms with Crippen LogP contribution in [0.4, 0.5) is 0 Å². The molecule has 0 aromatic carbocycles. The van der Waals surface area contributed by atoms with Crippen molar-refractivity contribution in [3.05, 3.63) is 0 Å². The summed E-state index contributed by atoms with van der Waals surface area (Å²) < 4.78 is 5.67. The maximum Gasteiger partial charge on any atom is 0.0801 e. The van der Waals surface area contributed by atoms with Gasteiger partial charge in [0, 0.05) is 0 Å². The summed E-state index contributed by atoms with van der Waals surface area (Å²) in [5.74, 6) is 1.02. The average molecular weight is 214 g/mol. The van der Waals surface area contributed by atoms with Gasteiger partial charge in [0.15, 0.2) is 0 Å². The van der Waals surface area contributed by atoms with Crippen molar-refractivity contribution in [3.8, 4) is 0 Å². The van der Waals surface area contributed by atoms with E-state index in [1.54, 1.807) is 0 Å². The Morgan fingerprint density at radius 1 is 1.13 bits per heavy atom. The summed E-state index contributed by atoms with van der Waals surface area (Å²) in [6.07, 6.45) is 6.27. The molecule has 1 aliphatic carbocycles. The van der Waals surface area contributed by atoms with Gasteiger partial charge in [-0.25, -0.2) is 0 Å². The summed E-state index contributed by atoms with van der Waals surface area (Å²) in [5, 5.41) is 9.98. The molecule has 0 saturated heterocycles. The number of aliphatic hydroxyl groups excluding tert-OH is 1. The fourth-order valence-electron chi connectivity index (χ4n) is 2.10. The summed E-state index contributed by atoms with van der Waals surface area (Å²) in [7, 11) is 0. The van der Waals surface area contributed by atoms with Gasteiger partial charge in [0.2, 0.25) is 0 Å². The molecule has 1 rings (SSSR count). The second-order valence-corrected chi connectivity index (χ2v) is 5.25. The topological polar surface area (TPSA) is 29.5 Å². The van der Waals surface area contributed by atoms with E-state index in [9.17, 15) is 5.11 Å². The molecule has 1 saturated carbocycles. The quantitative estimate of drug-likeness (QED) is 0.762. The largest absolute Gasteiger partial charge is 0.390 e. The van der Waals surface area contributed by atoms with Crippen LogP contribution in [0.5, 0.6) is 0 Å². The van der Waals surface area contributed by atoms with Gasteiger partial charge >= 0.3 is 0 Å². The van der Waals surface area contributed by atoms with E-state index in [-0.39, 0.29) is 12.2 Å². The van der Waals surface area contributed by atoms with E-state index in [1.165, 1.54) is 32.1 Å². The smallest absolute Gasteiger partial charge is 0.0801 e. The fourth-order valence-corrected chi connectivity index (χ4v) is 2.10. The number of ether oxygens (including phenoxy) is 1. The van der Waals surface area contributed by atoms with Crippen LogP contribution < -0.4 is 0 Å². The first-order chi connectivity index (χ1) is 7.11. The Hall–Kier alpha value is -0.0800. The van der Waals surface area contributed by atoms with Crippen LogP contribution in [-0.2, 0) is 4.74 Å². The zero-order valence-corrected chi connectivity index (χ0v) is 10.4. The van der Waals surface area contributed by atoms with Gasteiger partial charge in [0.1, 0.15) is 0 Å². The third-order valence-corrected chi connectivity index (χ3v) is 3.66. The van der Waals surface area contributed by atoms with Crippen LogP contribution in [0, 0.1) is 11.8 Å². The maximum absolute atomic E-state index is 9.98.